The highest BCUT2D eigenvalue weighted by Crippen LogP contribution is 2.26. The Hall–Kier alpha value is -0.150. The van der Waals surface area contributed by atoms with Crippen LogP contribution < -0.4 is 0 Å². The third-order valence-corrected chi connectivity index (χ3v) is 2.60. The first-order valence-electron chi connectivity index (χ1n) is 4.60. The molecule has 1 fully saturated rings. The standard InChI is InChI=1S/C9H18FNO/c1-3-11-6-4-9(10,5-7-11)8-12-2/h3-8H2,1-2H3. The summed E-state index contributed by atoms with van der Waals surface area (Å²) in [6.45, 7) is 5.14. The molecule has 1 rings (SSSR count). The van der Waals surface area contributed by atoms with Gasteiger partial charge in [0.2, 0.25) is 0 Å². The number of rotatable bonds is 3. The molecule has 72 valence electrons. The summed E-state index contributed by atoms with van der Waals surface area (Å²) in [6.07, 6.45) is 1.24. The maximum absolute atomic E-state index is 13.7. The number of nitrogens with zero attached hydrogens (tertiary/aromatic N) is 1. The molecule has 3 heteroatoms. The normalized spacial score (nSPS) is 24.2. The van der Waals surface area contributed by atoms with Crippen molar-refractivity contribution in [2.24, 2.45) is 0 Å². The van der Waals surface area contributed by atoms with Gasteiger partial charge in [0, 0.05) is 20.2 Å². The number of ether oxygens (including phenoxy) is 1. The number of likely N-dealkylation sites (tertiary alicyclic amines) is 1. The van der Waals surface area contributed by atoms with Gasteiger partial charge in [-0.2, -0.15) is 0 Å². The van der Waals surface area contributed by atoms with Gasteiger partial charge in [-0.1, -0.05) is 6.92 Å². The van der Waals surface area contributed by atoms with Crippen LogP contribution in [0.5, 0.6) is 0 Å². The van der Waals surface area contributed by atoms with Crippen molar-refractivity contribution in [1.29, 1.82) is 0 Å². The van der Waals surface area contributed by atoms with Gasteiger partial charge in [0.1, 0.15) is 5.67 Å². The minimum Gasteiger partial charge on any atom is -0.381 e. The van der Waals surface area contributed by atoms with E-state index in [1.54, 1.807) is 7.11 Å². The van der Waals surface area contributed by atoms with Crippen LogP contribution in [-0.2, 0) is 4.74 Å². The Labute approximate surface area is 73.7 Å². The fourth-order valence-electron chi connectivity index (χ4n) is 1.67. The summed E-state index contributed by atoms with van der Waals surface area (Å²) >= 11 is 0. The van der Waals surface area contributed by atoms with Gasteiger partial charge in [-0.05, 0) is 19.4 Å². The SMILES string of the molecule is CCN1CCC(F)(COC)CC1. The molecule has 0 radical (unpaired) electrons. The van der Waals surface area contributed by atoms with Gasteiger partial charge >= 0.3 is 0 Å². The molecule has 1 heterocycles. The molecule has 12 heavy (non-hydrogen) atoms. The van der Waals surface area contributed by atoms with E-state index in [4.69, 9.17) is 4.74 Å². The molecule has 0 aliphatic carbocycles. The highest BCUT2D eigenvalue weighted by Gasteiger charge is 2.33. The first-order chi connectivity index (χ1) is 5.70. The number of halogens is 1. The van der Waals surface area contributed by atoms with Gasteiger partial charge < -0.3 is 9.64 Å². The number of piperidine rings is 1. The summed E-state index contributed by atoms with van der Waals surface area (Å²) in [6, 6.07) is 0. The first-order valence-corrected chi connectivity index (χ1v) is 4.60. The minimum atomic E-state index is -1.06. The van der Waals surface area contributed by atoms with E-state index in [9.17, 15) is 4.39 Å². The molecule has 0 unspecified atom stereocenters. The highest BCUT2D eigenvalue weighted by atomic mass is 19.1. The second kappa shape index (κ2) is 4.19. The average molecular weight is 175 g/mol. The van der Waals surface area contributed by atoms with Crippen LogP contribution in [-0.4, -0.2) is 43.9 Å². The van der Waals surface area contributed by atoms with E-state index < -0.39 is 5.67 Å². The van der Waals surface area contributed by atoms with E-state index in [0.29, 0.717) is 12.8 Å². The van der Waals surface area contributed by atoms with Crippen molar-refractivity contribution in [2.75, 3.05) is 33.4 Å². The lowest BCUT2D eigenvalue weighted by atomic mass is 9.94. The predicted molar refractivity (Wildman–Crippen MR) is 47.1 cm³/mol. The number of methoxy groups -OCH3 is 1. The fourth-order valence-corrected chi connectivity index (χ4v) is 1.67. The smallest absolute Gasteiger partial charge is 0.136 e. The maximum Gasteiger partial charge on any atom is 0.136 e. The van der Waals surface area contributed by atoms with Crippen molar-refractivity contribution in [3.63, 3.8) is 0 Å². The van der Waals surface area contributed by atoms with Crippen molar-refractivity contribution in [3.8, 4) is 0 Å². The molecule has 1 aliphatic heterocycles. The average Bonchev–Trinajstić information content (AvgIpc) is 2.06. The molecular formula is C9H18FNO. The number of hydrogen-bond donors (Lipinski definition) is 0. The van der Waals surface area contributed by atoms with Gasteiger partial charge in [-0.15, -0.1) is 0 Å². The van der Waals surface area contributed by atoms with E-state index in [1.165, 1.54) is 0 Å². The van der Waals surface area contributed by atoms with Crippen LogP contribution in [0.2, 0.25) is 0 Å². The van der Waals surface area contributed by atoms with Crippen molar-refractivity contribution < 1.29 is 9.13 Å². The Kier molecular flexibility index (Phi) is 3.47. The molecular weight excluding hydrogens is 157 g/mol. The van der Waals surface area contributed by atoms with Gasteiger partial charge in [0.05, 0.1) is 6.61 Å². The summed E-state index contributed by atoms with van der Waals surface area (Å²) in [5, 5.41) is 0. The van der Waals surface area contributed by atoms with Gasteiger partial charge in [-0.25, -0.2) is 4.39 Å². The highest BCUT2D eigenvalue weighted by molar-refractivity contribution is 4.85. The molecule has 0 aromatic heterocycles. The van der Waals surface area contributed by atoms with E-state index in [1.807, 2.05) is 0 Å². The molecule has 0 aromatic carbocycles. The largest absolute Gasteiger partial charge is 0.381 e. The second-order valence-electron chi connectivity index (χ2n) is 3.52. The molecule has 0 saturated carbocycles. The van der Waals surface area contributed by atoms with Gasteiger partial charge in [-0.3, -0.25) is 0 Å². The van der Waals surface area contributed by atoms with Crippen molar-refractivity contribution in [3.05, 3.63) is 0 Å². The summed E-state index contributed by atoms with van der Waals surface area (Å²) in [4.78, 5) is 2.27. The zero-order chi connectivity index (χ0) is 9.03. The fraction of sp³-hybridized carbons (Fsp3) is 1.00. The molecule has 0 aromatic rings. The molecule has 1 saturated heterocycles. The van der Waals surface area contributed by atoms with Crippen LogP contribution in [0.4, 0.5) is 4.39 Å². The zero-order valence-corrected chi connectivity index (χ0v) is 7.98. The Morgan fingerprint density at radius 1 is 1.42 bits per heavy atom. The lowest BCUT2D eigenvalue weighted by molar-refractivity contribution is -0.00741. The first kappa shape index (κ1) is 9.93. The Bertz CT molecular complexity index is 132. The van der Waals surface area contributed by atoms with E-state index >= 15 is 0 Å². The third kappa shape index (κ3) is 2.42. The van der Waals surface area contributed by atoms with Crippen molar-refractivity contribution in [2.45, 2.75) is 25.4 Å². The van der Waals surface area contributed by atoms with Crippen LogP contribution in [0.15, 0.2) is 0 Å². The molecule has 0 amide bonds. The lowest BCUT2D eigenvalue weighted by Gasteiger charge is -2.35. The second-order valence-corrected chi connectivity index (χ2v) is 3.52. The molecule has 0 spiro atoms. The van der Waals surface area contributed by atoms with Crippen LogP contribution in [0, 0.1) is 0 Å². The zero-order valence-electron chi connectivity index (χ0n) is 7.98. The molecule has 0 N–H and O–H groups in total. The lowest BCUT2D eigenvalue weighted by Crippen LogP contribution is -2.43. The van der Waals surface area contributed by atoms with Gasteiger partial charge in [0.15, 0.2) is 0 Å². The van der Waals surface area contributed by atoms with E-state index in [0.717, 1.165) is 19.6 Å². The van der Waals surface area contributed by atoms with Crippen LogP contribution in [0.25, 0.3) is 0 Å². The van der Waals surface area contributed by atoms with E-state index in [2.05, 4.69) is 11.8 Å². The van der Waals surface area contributed by atoms with Crippen LogP contribution >= 0.6 is 0 Å². The van der Waals surface area contributed by atoms with E-state index in [-0.39, 0.29) is 6.61 Å². The third-order valence-electron chi connectivity index (χ3n) is 2.60. The monoisotopic (exact) mass is 175 g/mol. The molecule has 0 atom stereocenters. The molecule has 1 aliphatic rings. The Morgan fingerprint density at radius 3 is 2.42 bits per heavy atom. The topological polar surface area (TPSA) is 12.5 Å². The molecule has 2 nitrogen and oxygen atoms in total. The minimum absolute atomic E-state index is 0.255. The molecule has 0 bridgehead atoms. The Morgan fingerprint density at radius 2 is 2.00 bits per heavy atom. The summed E-state index contributed by atoms with van der Waals surface area (Å²) in [7, 11) is 1.56. The van der Waals surface area contributed by atoms with Crippen molar-refractivity contribution >= 4 is 0 Å². The van der Waals surface area contributed by atoms with Gasteiger partial charge in [0.25, 0.3) is 0 Å². The summed E-state index contributed by atoms with van der Waals surface area (Å²) < 4.78 is 18.6. The van der Waals surface area contributed by atoms with Crippen LogP contribution in [0.1, 0.15) is 19.8 Å². The van der Waals surface area contributed by atoms with Crippen molar-refractivity contribution in [1.82, 2.24) is 4.90 Å². The number of hydrogen-bond acceptors (Lipinski definition) is 2. The summed E-state index contributed by atoms with van der Waals surface area (Å²) in [5.74, 6) is 0. The quantitative estimate of drug-likeness (QED) is 0.644. The number of alkyl halides is 1. The summed E-state index contributed by atoms with van der Waals surface area (Å²) in [5.41, 5.74) is -1.06. The maximum atomic E-state index is 13.7. The van der Waals surface area contributed by atoms with Crippen LogP contribution in [0.3, 0.4) is 0 Å². The predicted octanol–water partition coefficient (Wildman–Crippen LogP) is 1.46. The Balaban J connectivity index is 2.33.